The normalized spacial score (nSPS) is 27.0. The van der Waals surface area contributed by atoms with Gasteiger partial charge in [-0.05, 0) is 80.8 Å². The highest BCUT2D eigenvalue weighted by Crippen LogP contribution is 2.66. The molecule has 4 aliphatic carbocycles. The third kappa shape index (κ3) is 7.02. The summed E-state index contributed by atoms with van der Waals surface area (Å²) >= 11 is 0. The van der Waals surface area contributed by atoms with Crippen molar-refractivity contribution in [2.24, 2.45) is 23.8 Å². The van der Waals surface area contributed by atoms with E-state index in [1.54, 1.807) is 20.0 Å². The molecule has 45 heavy (non-hydrogen) atoms. The highest BCUT2D eigenvalue weighted by molar-refractivity contribution is 6.36. The van der Waals surface area contributed by atoms with Crippen molar-refractivity contribution in [1.82, 2.24) is 30.1 Å². The van der Waals surface area contributed by atoms with Crippen LogP contribution >= 0.6 is 0 Å². The zero-order valence-electron chi connectivity index (χ0n) is 26.4. The van der Waals surface area contributed by atoms with Gasteiger partial charge in [0, 0.05) is 31.7 Å². The molecule has 4 fully saturated rings. The number of nitrogens with one attached hydrogen (secondary N) is 4. The van der Waals surface area contributed by atoms with E-state index in [9.17, 15) is 28.8 Å². The number of anilines is 1. The zero-order chi connectivity index (χ0) is 32.6. The lowest BCUT2D eigenvalue weighted by Gasteiger charge is -2.65. The maximum Gasteiger partial charge on any atom is 0.287 e. The molecule has 2 aromatic heterocycles. The van der Waals surface area contributed by atoms with Crippen LogP contribution in [0.2, 0.25) is 0 Å². The highest BCUT2D eigenvalue weighted by atomic mass is 16.2. The van der Waals surface area contributed by atoms with Crippen LogP contribution in [0.1, 0.15) is 82.6 Å². The molecule has 242 valence electrons. The van der Waals surface area contributed by atoms with Gasteiger partial charge in [-0.25, -0.2) is 4.98 Å². The van der Waals surface area contributed by atoms with Gasteiger partial charge in [-0.15, -0.1) is 0 Å². The first kappa shape index (κ1) is 32.1. The van der Waals surface area contributed by atoms with Crippen molar-refractivity contribution in [2.75, 3.05) is 11.9 Å². The molecule has 4 amide bonds. The second-order valence-corrected chi connectivity index (χ2v) is 14.0. The number of aromatic nitrogens is 3. The SMILES string of the molecule is CCNC(=O)C(=O)CC[C@H](NC(=O)c1cncn1C)C(=O)Nc1cccn(CC(=O)NC23CC4CC(C)(CC(C)(C4)C2)C3)c1=O. The van der Waals surface area contributed by atoms with E-state index in [-0.39, 0.29) is 59.6 Å². The average molecular weight is 622 g/mol. The van der Waals surface area contributed by atoms with Crippen LogP contribution in [0.15, 0.2) is 35.6 Å². The van der Waals surface area contributed by atoms with Crippen LogP contribution in [-0.4, -0.2) is 61.7 Å². The summed E-state index contributed by atoms with van der Waals surface area (Å²) in [5.74, 6) is -2.53. The molecular formula is C32H43N7O6. The summed E-state index contributed by atoms with van der Waals surface area (Å²) in [6, 6.07) is 1.72. The Morgan fingerprint density at radius 3 is 2.40 bits per heavy atom. The van der Waals surface area contributed by atoms with E-state index in [1.165, 1.54) is 53.2 Å². The van der Waals surface area contributed by atoms with Crippen LogP contribution in [0.4, 0.5) is 5.69 Å². The number of amides is 4. The molecule has 0 spiro atoms. The van der Waals surface area contributed by atoms with Gasteiger partial charge in [0.1, 0.15) is 24.0 Å². The maximum absolute atomic E-state index is 13.4. The fourth-order valence-electron chi connectivity index (χ4n) is 8.78. The molecule has 2 unspecified atom stereocenters. The number of nitrogens with zero attached hydrogens (tertiary/aromatic N) is 3. The van der Waals surface area contributed by atoms with Crippen molar-refractivity contribution in [1.29, 1.82) is 0 Å². The fourth-order valence-corrected chi connectivity index (χ4v) is 8.78. The van der Waals surface area contributed by atoms with E-state index in [2.05, 4.69) is 40.1 Å². The summed E-state index contributed by atoms with van der Waals surface area (Å²) < 4.78 is 2.71. The minimum Gasteiger partial charge on any atom is -0.350 e. The van der Waals surface area contributed by atoms with Crippen LogP contribution in [0, 0.1) is 16.7 Å². The molecule has 0 aliphatic heterocycles. The molecule has 2 heterocycles. The molecule has 4 saturated carbocycles. The first-order valence-electron chi connectivity index (χ1n) is 15.6. The summed E-state index contributed by atoms with van der Waals surface area (Å²) in [5, 5.41) is 10.9. The second-order valence-electron chi connectivity index (χ2n) is 14.0. The summed E-state index contributed by atoms with van der Waals surface area (Å²) in [7, 11) is 1.61. The van der Waals surface area contributed by atoms with E-state index in [0.29, 0.717) is 5.92 Å². The molecule has 2 aromatic rings. The number of ketones is 1. The highest BCUT2D eigenvalue weighted by Gasteiger charge is 2.60. The van der Waals surface area contributed by atoms with Crippen LogP contribution in [0.25, 0.3) is 0 Å². The Labute approximate surface area is 261 Å². The summed E-state index contributed by atoms with van der Waals surface area (Å²) in [5.41, 5.74) is -0.316. The number of carbonyl (C=O) groups excluding carboxylic acids is 5. The van der Waals surface area contributed by atoms with Crippen LogP contribution in [0.3, 0.4) is 0 Å². The lowest BCUT2D eigenvalue weighted by molar-refractivity contribution is -0.140. The molecule has 4 bridgehead atoms. The Balaban J connectivity index is 1.27. The molecule has 4 N–H and O–H groups in total. The molecule has 4 aliphatic rings. The first-order chi connectivity index (χ1) is 21.2. The Kier molecular flexibility index (Phi) is 8.74. The van der Waals surface area contributed by atoms with Gasteiger partial charge in [-0.3, -0.25) is 28.8 Å². The van der Waals surface area contributed by atoms with Crippen LogP contribution in [0.5, 0.6) is 0 Å². The number of pyridine rings is 1. The van der Waals surface area contributed by atoms with Crippen molar-refractivity contribution >= 4 is 35.1 Å². The number of carbonyl (C=O) groups is 5. The van der Waals surface area contributed by atoms with E-state index >= 15 is 0 Å². The lowest BCUT2D eigenvalue weighted by atomic mass is 9.43. The lowest BCUT2D eigenvalue weighted by Crippen LogP contribution is -2.65. The molecule has 6 rings (SSSR count). The summed E-state index contributed by atoms with van der Waals surface area (Å²) in [6.45, 7) is 6.40. The van der Waals surface area contributed by atoms with E-state index in [4.69, 9.17) is 0 Å². The molecule has 13 heteroatoms. The maximum atomic E-state index is 13.4. The Morgan fingerprint density at radius 2 is 1.78 bits per heavy atom. The van der Waals surface area contributed by atoms with Gasteiger partial charge in [-0.1, -0.05) is 13.8 Å². The minimum absolute atomic E-state index is 0.0834. The predicted molar refractivity (Wildman–Crippen MR) is 165 cm³/mol. The van der Waals surface area contributed by atoms with Gasteiger partial charge in [0.25, 0.3) is 17.4 Å². The third-order valence-electron chi connectivity index (χ3n) is 9.54. The van der Waals surface area contributed by atoms with Crippen molar-refractivity contribution < 1.29 is 24.0 Å². The Hall–Kier alpha value is -4.29. The third-order valence-corrected chi connectivity index (χ3v) is 9.54. The largest absolute Gasteiger partial charge is 0.350 e. The van der Waals surface area contributed by atoms with Crippen molar-refractivity contribution in [2.45, 2.75) is 90.3 Å². The van der Waals surface area contributed by atoms with E-state index < -0.39 is 35.1 Å². The van der Waals surface area contributed by atoms with Gasteiger partial charge >= 0.3 is 0 Å². The minimum atomic E-state index is -1.25. The summed E-state index contributed by atoms with van der Waals surface area (Å²) in [4.78, 5) is 81.1. The van der Waals surface area contributed by atoms with E-state index in [0.717, 1.165) is 19.3 Å². The average Bonchev–Trinajstić information content (AvgIpc) is 3.36. The quantitative estimate of drug-likeness (QED) is 0.261. The van der Waals surface area contributed by atoms with Crippen molar-refractivity contribution in [3.8, 4) is 0 Å². The Morgan fingerprint density at radius 1 is 1.07 bits per heavy atom. The number of aryl methyl sites for hydroxylation is 1. The molecule has 3 atom stereocenters. The Bertz CT molecular complexity index is 1560. The first-order valence-corrected chi connectivity index (χ1v) is 15.6. The molecule has 13 nitrogen and oxygen atoms in total. The fraction of sp³-hybridized carbons (Fsp3) is 0.594. The van der Waals surface area contributed by atoms with Crippen LogP contribution < -0.4 is 26.8 Å². The molecule has 0 saturated heterocycles. The standard InChI is InChI=1S/C32H43N7O6/c1-5-34-28(44)24(40)9-8-21(35-27(43)23-14-33-19-38(23)4)26(42)36-22-7-6-10-39(29(22)45)15-25(41)37-32-13-20-11-30(2,17-32)16-31(3,12-20)18-32/h6-7,10,14,19-21H,5,8-9,11-13,15-18H2,1-4H3,(H,34,44)(H,35,43)(H,36,42)(H,37,41)/t20?,21-,30?,31?,32?/m0/s1. The number of Topliss-reactive ketones (excluding diaryl/α,β-unsaturated/α-hetero) is 1. The van der Waals surface area contributed by atoms with E-state index in [1.807, 2.05) is 0 Å². The topological polar surface area (TPSA) is 173 Å². The molecule has 0 aromatic carbocycles. The van der Waals surface area contributed by atoms with Gasteiger partial charge in [0.2, 0.25) is 17.6 Å². The van der Waals surface area contributed by atoms with Gasteiger partial charge in [-0.2, -0.15) is 0 Å². The number of rotatable bonds is 12. The predicted octanol–water partition coefficient (Wildman–Crippen LogP) is 1.67. The van der Waals surface area contributed by atoms with Gasteiger partial charge in [0.05, 0.1) is 12.5 Å². The van der Waals surface area contributed by atoms with Crippen molar-refractivity contribution in [3.63, 3.8) is 0 Å². The van der Waals surface area contributed by atoms with Crippen molar-refractivity contribution in [3.05, 3.63) is 46.9 Å². The second kappa shape index (κ2) is 12.2. The smallest absolute Gasteiger partial charge is 0.287 e. The number of hydrogen-bond donors (Lipinski definition) is 4. The van der Waals surface area contributed by atoms with Gasteiger partial charge in [0.15, 0.2) is 0 Å². The molecule has 0 radical (unpaired) electrons. The number of hydrogen-bond acceptors (Lipinski definition) is 7. The molecular weight excluding hydrogens is 578 g/mol. The zero-order valence-corrected chi connectivity index (χ0v) is 26.4. The monoisotopic (exact) mass is 621 g/mol. The number of imidazole rings is 1. The van der Waals surface area contributed by atoms with Crippen LogP contribution in [-0.2, 0) is 32.8 Å². The summed E-state index contributed by atoms with van der Waals surface area (Å²) in [6.07, 6.45) is 10.2. The van der Waals surface area contributed by atoms with Gasteiger partial charge < -0.3 is 30.4 Å². The number of likely N-dealkylation sites (N-methyl/N-ethyl adjacent to an activating group) is 1.